The Hall–Kier alpha value is -2.98. The van der Waals surface area contributed by atoms with Gasteiger partial charge in [-0.2, -0.15) is 9.61 Å². The van der Waals surface area contributed by atoms with E-state index in [9.17, 15) is 9.59 Å². The van der Waals surface area contributed by atoms with Crippen LogP contribution in [0.25, 0.3) is 17.0 Å². The van der Waals surface area contributed by atoms with Crippen LogP contribution in [0.3, 0.4) is 0 Å². The number of nitrogens with zero attached hydrogens (tertiary/aromatic N) is 4. The molecule has 0 saturated heterocycles. The number of ether oxygens (including phenoxy) is 1. The number of methoxy groups -OCH3 is 1. The number of carbonyl (C=O) groups excluding carboxylic acids is 1. The van der Waals surface area contributed by atoms with Crippen molar-refractivity contribution in [1.82, 2.24) is 24.8 Å². The lowest BCUT2D eigenvalue weighted by molar-refractivity contribution is 0.102. The van der Waals surface area contributed by atoms with E-state index in [4.69, 9.17) is 4.74 Å². The summed E-state index contributed by atoms with van der Waals surface area (Å²) in [6, 6.07) is 14.1. The summed E-state index contributed by atoms with van der Waals surface area (Å²) in [6.07, 6.45) is 0. The first-order valence-corrected chi connectivity index (χ1v) is 10.2. The maximum absolute atomic E-state index is 12.4. The molecule has 0 fully saturated rings. The number of hydrogen-bond donors (Lipinski definition) is 1. The van der Waals surface area contributed by atoms with E-state index in [1.165, 1.54) is 16.3 Å². The fourth-order valence-electron chi connectivity index (χ4n) is 2.62. The number of carbonyl (C=O) groups is 1. The zero-order valence-electron chi connectivity index (χ0n) is 15.1. The van der Waals surface area contributed by atoms with Crippen LogP contribution in [-0.4, -0.2) is 43.4 Å². The highest BCUT2D eigenvalue weighted by Crippen LogP contribution is 2.21. The van der Waals surface area contributed by atoms with E-state index in [1.54, 1.807) is 43.5 Å². The molecule has 0 aliphatic heterocycles. The Morgan fingerprint density at radius 1 is 1.14 bits per heavy atom. The number of hydrogen-bond acceptors (Lipinski definition) is 7. The van der Waals surface area contributed by atoms with Crippen LogP contribution in [0, 0.1) is 0 Å². The Morgan fingerprint density at radius 3 is 2.55 bits per heavy atom. The van der Waals surface area contributed by atoms with Crippen molar-refractivity contribution in [1.29, 1.82) is 0 Å². The van der Waals surface area contributed by atoms with Crippen molar-refractivity contribution in [2.45, 2.75) is 5.16 Å². The molecule has 0 bridgehead atoms. The number of H-pyrrole nitrogens is 1. The standard InChI is InChI=1S/C19H14BrN5O3S/c1-28-14-8-4-12(5-9-14)16-17(27)21-18-22-23-19(25(18)24-16)29-10-15(26)11-2-6-13(20)7-3-11/h2-9H,10H2,1H3,(H,21,22,27). The van der Waals surface area contributed by atoms with Crippen molar-refractivity contribution >= 4 is 39.3 Å². The van der Waals surface area contributed by atoms with Gasteiger partial charge in [0.15, 0.2) is 11.5 Å². The molecule has 0 amide bonds. The van der Waals surface area contributed by atoms with Crippen LogP contribution in [0.4, 0.5) is 0 Å². The molecule has 2 aromatic heterocycles. The maximum atomic E-state index is 12.4. The third-order valence-electron chi connectivity index (χ3n) is 4.11. The predicted octanol–water partition coefficient (Wildman–Crippen LogP) is 3.23. The van der Waals surface area contributed by atoms with Crippen LogP contribution in [-0.2, 0) is 0 Å². The summed E-state index contributed by atoms with van der Waals surface area (Å²) >= 11 is 4.55. The average Bonchev–Trinajstić information content (AvgIpc) is 3.13. The minimum Gasteiger partial charge on any atom is -0.497 e. The lowest BCUT2D eigenvalue weighted by Gasteiger charge is -2.04. The predicted molar refractivity (Wildman–Crippen MR) is 113 cm³/mol. The van der Waals surface area contributed by atoms with E-state index in [1.807, 2.05) is 12.1 Å². The molecule has 146 valence electrons. The monoisotopic (exact) mass is 471 g/mol. The minimum absolute atomic E-state index is 0.0425. The van der Waals surface area contributed by atoms with Gasteiger partial charge in [-0.25, -0.2) is 0 Å². The van der Waals surface area contributed by atoms with Crippen LogP contribution >= 0.6 is 27.7 Å². The molecule has 29 heavy (non-hydrogen) atoms. The van der Waals surface area contributed by atoms with E-state index in [0.29, 0.717) is 22.0 Å². The molecular formula is C19H14BrN5O3S. The highest BCUT2D eigenvalue weighted by atomic mass is 79.9. The number of benzene rings is 2. The van der Waals surface area contributed by atoms with Gasteiger partial charge >= 0.3 is 0 Å². The molecule has 1 N–H and O–H groups in total. The molecule has 4 aromatic rings. The molecule has 0 aliphatic rings. The van der Waals surface area contributed by atoms with E-state index in [0.717, 1.165) is 4.47 Å². The first-order chi connectivity index (χ1) is 14.0. The molecule has 4 rings (SSSR count). The molecule has 2 heterocycles. The summed E-state index contributed by atoms with van der Waals surface area (Å²) in [4.78, 5) is 27.5. The molecule has 0 unspecified atom stereocenters. The van der Waals surface area contributed by atoms with Crippen molar-refractivity contribution < 1.29 is 9.53 Å². The van der Waals surface area contributed by atoms with E-state index in [2.05, 4.69) is 36.2 Å². The number of halogens is 1. The van der Waals surface area contributed by atoms with Gasteiger partial charge in [-0.15, -0.1) is 10.2 Å². The summed E-state index contributed by atoms with van der Waals surface area (Å²) in [6.45, 7) is 0. The van der Waals surface area contributed by atoms with Crippen molar-refractivity contribution in [3.8, 4) is 17.0 Å². The summed E-state index contributed by atoms with van der Waals surface area (Å²) in [7, 11) is 1.57. The highest BCUT2D eigenvalue weighted by molar-refractivity contribution is 9.10. The van der Waals surface area contributed by atoms with Gasteiger partial charge in [0.05, 0.1) is 12.9 Å². The van der Waals surface area contributed by atoms with Crippen molar-refractivity contribution in [3.05, 3.63) is 68.9 Å². The molecule has 0 spiro atoms. The van der Waals surface area contributed by atoms with E-state index >= 15 is 0 Å². The fourth-order valence-corrected chi connectivity index (χ4v) is 3.66. The topological polar surface area (TPSA) is 102 Å². The quantitative estimate of drug-likeness (QED) is 0.340. The average molecular weight is 472 g/mol. The Kier molecular flexibility index (Phi) is 5.45. The van der Waals surface area contributed by atoms with Crippen LogP contribution in [0.2, 0.25) is 0 Å². The van der Waals surface area contributed by atoms with Gasteiger partial charge in [0.1, 0.15) is 5.75 Å². The van der Waals surface area contributed by atoms with Gasteiger partial charge in [-0.3, -0.25) is 14.6 Å². The van der Waals surface area contributed by atoms with E-state index < -0.39 is 0 Å². The molecule has 10 heteroatoms. The zero-order valence-corrected chi connectivity index (χ0v) is 17.5. The van der Waals surface area contributed by atoms with Crippen LogP contribution in [0.5, 0.6) is 5.75 Å². The first-order valence-electron chi connectivity index (χ1n) is 8.47. The number of nitrogens with one attached hydrogen (secondary N) is 1. The van der Waals surface area contributed by atoms with Crippen LogP contribution < -0.4 is 10.3 Å². The number of fused-ring (bicyclic) bond motifs is 1. The summed E-state index contributed by atoms with van der Waals surface area (Å²) in [5, 5.41) is 12.8. The van der Waals surface area contributed by atoms with Gasteiger partial charge in [0, 0.05) is 15.6 Å². The number of thioether (sulfide) groups is 1. The third kappa shape index (κ3) is 4.08. The summed E-state index contributed by atoms with van der Waals surface area (Å²) < 4.78 is 7.48. The van der Waals surface area contributed by atoms with E-state index in [-0.39, 0.29) is 28.6 Å². The number of ketones is 1. The molecule has 8 nitrogen and oxygen atoms in total. The summed E-state index contributed by atoms with van der Waals surface area (Å²) in [5.41, 5.74) is 1.08. The number of rotatable bonds is 6. The van der Waals surface area contributed by atoms with Crippen molar-refractivity contribution in [3.63, 3.8) is 0 Å². The molecule has 2 aromatic carbocycles. The maximum Gasteiger partial charge on any atom is 0.279 e. The van der Waals surface area contributed by atoms with Gasteiger partial charge in [0.2, 0.25) is 5.16 Å². The Morgan fingerprint density at radius 2 is 1.86 bits per heavy atom. The molecular weight excluding hydrogens is 458 g/mol. The molecule has 0 aliphatic carbocycles. The minimum atomic E-state index is -0.377. The van der Waals surface area contributed by atoms with Crippen LogP contribution in [0.1, 0.15) is 10.4 Å². The van der Waals surface area contributed by atoms with Crippen molar-refractivity contribution in [2.75, 3.05) is 12.9 Å². The smallest absolute Gasteiger partial charge is 0.279 e. The second-order valence-corrected chi connectivity index (χ2v) is 7.83. The lowest BCUT2D eigenvalue weighted by atomic mass is 10.1. The largest absolute Gasteiger partial charge is 0.497 e. The SMILES string of the molecule is COc1ccc(-c2nn3c(SCC(=O)c4ccc(Br)cc4)nnc3[nH]c2=O)cc1. The highest BCUT2D eigenvalue weighted by Gasteiger charge is 2.15. The summed E-state index contributed by atoms with van der Waals surface area (Å²) in [5.74, 6) is 1.02. The van der Waals surface area contributed by atoms with Gasteiger partial charge < -0.3 is 4.74 Å². The van der Waals surface area contributed by atoms with Crippen molar-refractivity contribution in [2.24, 2.45) is 0 Å². The number of aromatic amines is 1. The molecule has 0 radical (unpaired) electrons. The first kappa shape index (κ1) is 19.3. The molecule has 0 saturated carbocycles. The van der Waals surface area contributed by atoms with Crippen LogP contribution in [0.15, 0.2) is 63.0 Å². The Balaban J connectivity index is 1.61. The molecule has 0 atom stereocenters. The third-order valence-corrected chi connectivity index (χ3v) is 5.56. The second-order valence-electron chi connectivity index (χ2n) is 5.97. The van der Waals surface area contributed by atoms with Gasteiger partial charge in [-0.05, 0) is 36.4 Å². The zero-order chi connectivity index (χ0) is 20.4. The lowest BCUT2D eigenvalue weighted by Crippen LogP contribution is -2.15. The second kappa shape index (κ2) is 8.18. The Bertz CT molecular complexity index is 1240. The normalized spacial score (nSPS) is 11.0. The van der Waals surface area contributed by atoms with Gasteiger partial charge in [0.25, 0.3) is 11.3 Å². The number of aromatic nitrogens is 5. The number of Topliss-reactive ketones (excluding diaryl/α,β-unsaturated/α-hetero) is 1. The Labute approximate surface area is 177 Å². The fraction of sp³-hybridized carbons (Fsp3) is 0.105. The van der Waals surface area contributed by atoms with Gasteiger partial charge in [-0.1, -0.05) is 39.8 Å².